The van der Waals surface area contributed by atoms with Gasteiger partial charge in [0.1, 0.15) is 6.04 Å². The van der Waals surface area contributed by atoms with Crippen LogP contribution in [-0.2, 0) is 14.8 Å². The molecule has 6 nitrogen and oxygen atoms in total. The maximum Gasteiger partial charge on any atom is 0.321 e. The summed E-state index contributed by atoms with van der Waals surface area (Å²) < 4.78 is 25.9. The Morgan fingerprint density at radius 3 is 2.21 bits per heavy atom. The Kier molecular flexibility index (Phi) is 5.57. The molecule has 1 aromatic rings. The highest BCUT2D eigenvalue weighted by molar-refractivity contribution is 7.89. The monoisotopic (exact) mass is 327 g/mol. The fourth-order valence-electron chi connectivity index (χ4n) is 1.30. The number of hydrogen-bond acceptors (Lipinski definition) is 4. The maximum absolute atomic E-state index is 12.0. The van der Waals surface area contributed by atoms with Crippen molar-refractivity contribution in [2.45, 2.75) is 17.4 Å². The van der Waals surface area contributed by atoms with Gasteiger partial charge in [-0.2, -0.15) is 4.72 Å². The summed E-state index contributed by atoms with van der Waals surface area (Å²) in [4.78, 5) is 10.6. The Labute approximate surface area is 120 Å². The zero-order valence-corrected chi connectivity index (χ0v) is 11.8. The minimum atomic E-state index is -4.08. The van der Waals surface area contributed by atoms with Crippen molar-refractivity contribution in [2.24, 2.45) is 0 Å². The number of benzene rings is 1. The van der Waals surface area contributed by atoms with E-state index in [0.717, 1.165) is 12.1 Å². The van der Waals surface area contributed by atoms with Crippen LogP contribution in [0.5, 0.6) is 0 Å². The van der Waals surface area contributed by atoms with E-state index in [9.17, 15) is 13.2 Å². The van der Waals surface area contributed by atoms with Gasteiger partial charge in [-0.05, 0) is 24.6 Å². The molecular formula is C10H11Cl2NO5S. The minimum absolute atomic E-state index is 0.113. The molecule has 1 atom stereocenters. The standard InChI is InChI=1S/C10H11Cl2NO5S/c11-6-3-7(12)5-8(4-6)19(17,18)13-9(1-2-14)10(15)16/h3-5,9,13-14H,1-2H2,(H,15,16)/t9-/m1/s1. The molecule has 1 aromatic carbocycles. The first kappa shape index (κ1) is 16.2. The quantitative estimate of drug-likeness (QED) is 0.726. The summed E-state index contributed by atoms with van der Waals surface area (Å²) in [5, 5.41) is 17.8. The molecule has 3 N–H and O–H groups in total. The van der Waals surface area contributed by atoms with E-state index < -0.39 is 28.6 Å². The highest BCUT2D eigenvalue weighted by atomic mass is 35.5. The lowest BCUT2D eigenvalue weighted by Crippen LogP contribution is -2.41. The van der Waals surface area contributed by atoms with Crippen LogP contribution in [-0.4, -0.2) is 37.2 Å². The lowest BCUT2D eigenvalue weighted by atomic mass is 10.2. The zero-order valence-electron chi connectivity index (χ0n) is 9.51. The van der Waals surface area contributed by atoms with Gasteiger partial charge in [-0.25, -0.2) is 8.42 Å². The normalized spacial score (nSPS) is 13.2. The van der Waals surface area contributed by atoms with Crippen molar-refractivity contribution in [2.75, 3.05) is 6.61 Å². The van der Waals surface area contributed by atoms with Crippen LogP contribution in [0.3, 0.4) is 0 Å². The van der Waals surface area contributed by atoms with Crippen LogP contribution in [0.2, 0.25) is 10.0 Å². The molecule has 0 unspecified atom stereocenters. The van der Waals surface area contributed by atoms with Crippen molar-refractivity contribution >= 4 is 39.2 Å². The van der Waals surface area contributed by atoms with Crippen LogP contribution in [0.15, 0.2) is 23.1 Å². The SMILES string of the molecule is O=C(O)[C@@H](CCO)NS(=O)(=O)c1cc(Cl)cc(Cl)c1. The summed E-state index contributed by atoms with van der Waals surface area (Å²) in [7, 11) is -4.08. The van der Waals surface area contributed by atoms with Gasteiger partial charge in [0.15, 0.2) is 0 Å². The number of nitrogens with one attached hydrogen (secondary N) is 1. The van der Waals surface area contributed by atoms with Crippen molar-refractivity contribution in [3.05, 3.63) is 28.2 Å². The fourth-order valence-corrected chi connectivity index (χ4v) is 3.25. The van der Waals surface area contributed by atoms with Crippen LogP contribution in [0.1, 0.15) is 6.42 Å². The van der Waals surface area contributed by atoms with E-state index >= 15 is 0 Å². The third-order valence-electron chi connectivity index (χ3n) is 2.16. The van der Waals surface area contributed by atoms with E-state index in [1.807, 2.05) is 4.72 Å². The van der Waals surface area contributed by atoms with Crippen molar-refractivity contribution in [3.63, 3.8) is 0 Å². The van der Waals surface area contributed by atoms with Gasteiger partial charge >= 0.3 is 5.97 Å². The number of carboxylic acids is 1. The molecule has 0 bridgehead atoms. The number of aliphatic carboxylic acids is 1. The van der Waals surface area contributed by atoms with Gasteiger partial charge in [0.25, 0.3) is 0 Å². The van der Waals surface area contributed by atoms with Crippen molar-refractivity contribution < 1.29 is 23.4 Å². The summed E-state index contributed by atoms with van der Waals surface area (Å²) >= 11 is 11.4. The fraction of sp³-hybridized carbons (Fsp3) is 0.300. The van der Waals surface area contributed by atoms with Gasteiger partial charge in [0, 0.05) is 16.7 Å². The van der Waals surface area contributed by atoms with Crippen LogP contribution in [0, 0.1) is 0 Å². The highest BCUT2D eigenvalue weighted by Crippen LogP contribution is 2.22. The van der Waals surface area contributed by atoms with Gasteiger partial charge in [-0.15, -0.1) is 0 Å². The Morgan fingerprint density at radius 1 is 1.26 bits per heavy atom. The number of sulfonamides is 1. The molecule has 0 saturated heterocycles. The smallest absolute Gasteiger partial charge is 0.321 e. The van der Waals surface area contributed by atoms with Crippen molar-refractivity contribution in [3.8, 4) is 0 Å². The predicted molar refractivity (Wildman–Crippen MR) is 69.9 cm³/mol. The number of hydrogen-bond donors (Lipinski definition) is 3. The molecule has 0 heterocycles. The second-order valence-electron chi connectivity index (χ2n) is 3.63. The van der Waals surface area contributed by atoms with E-state index in [4.69, 9.17) is 33.4 Å². The Balaban J connectivity index is 3.06. The molecule has 19 heavy (non-hydrogen) atoms. The molecule has 0 radical (unpaired) electrons. The van der Waals surface area contributed by atoms with Gasteiger partial charge in [-0.3, -0.25) is 4.79 Å². The summed E-state index contributed by atoms with van der Waals surface area (Å²) in [5.74, 6) is -1.38. The molecule has 0 aliphatic carbocycles. The molecule has 0 spiro atoms. The molecule has 0 saturated carbocycles. The first-order valence-electron chi connectivity index (χ1n) is 5.08. The molecule has 0 fully saturated rings. The van der Waals surface area contributed by atoms with Gasteiger partial charge in [0.2, 0.25) is 10.0 Å². The molecule has 106 valence electrons. The minimum Gasteiger partial charge on any atom is -0.480 e. The van der Waals surface area contributed by atoms with E-state index in [1.54, 1.807) is 0 Å². The molecule has 0 amide bonds. The van der Waals surface area contributed by atoms with Gasteiger partial charge in [-0.1, -0.05) is 23.2 Å². The number of aliphatic hydroxyl groups is 1. The lowest BCUT2D eigenvalue weighted by Gasteiger charge is -2.14. The largest absolute Gasteiger partial charge is 0.480 e. The lowest BCUT2D eigenvalue weighted by molar-refractivity contribution is -0.139. The molecule has 0 aromatic heterocycles. The van der Waals surface area contributed by atoms with Crippen LogP contribution < -0.4 is 4.72 Å². The average Bonchev–Trinajstić information content (AvgIpc) is 2.26. The van der Waals surface area contributed by atoms with Crippen molar-refractivity contribution in [1.29, 1.82) is 0 Å². The van der Waals surface area contributed by atoms with Gasteiger partial charge in [0.05, 0.1) is 4.90 Å². The number of aliphatic hydroxyl groups excluding tert-OH is 1. The summed E-state index contributed by atoms with van der Waals surface area (Å²) in [5.41, 5.74) is 0. The first-order valence-corrected chi connectivity index (χ1v) is 7.32. The van der Waals surface area contributed by atoms with Crippen molar-refractivity contribution in [1.82, 2.24) is 4.72 Å². The number of carboxylic acid groups (broad SMARTS) is 1. The summed E-state index contributed by atoms with van der Waals surface area (Å²) in [6, 6.07) is 2.22. The zero-order chi connectivity index (χ0) is 14.6. The van der Waals surface area contributed by atoms with E-state index in [2.05, 4.69) is 0 Å². The first-order chi connectivity index (χ1) is 8.76. The molecule has 0 aliphatic heterocycles. The van der Waals surface area contributed by atoms with E-state index in [0.29, 0.717) is 0 Å². The van der Waals surface area contributed by atoms with Gasteiger partial charge < -0.3 is 10.2 Å². The number of rotatable bonds is 6. The Morgan fingerprint density at radius 2 is 1.79 bits per heavy atom. The van der Waals surface area contributed by atoms with Crippen LogP contribution in [0.25, 0.3) is 0 Å². The Bertz CT molecular complexity index is 555. The molecule has 1 rings (SSSR count). The second-order valence-corrected chi connectivity index (χ2v) is 6.22. The molecule has 9 heteroatoms. The molecular weight excluding hydrogens is 317 g/mol. The Hall–Kier alpha value is -0.860. The molecule has 0 aliphatic rings. The topological polar surface area (TPSA) is 104 Å². The van der Waals surface area contributed by atoms with E-state index in [-0.39, 0.29) is 21.4 Å². The maximum atomic E-state index is 12.0. The highest BCUT2D eigenvalue weighted by Gasteiger charge is 2.25. The average molecular weight is 328 g/mol. The summed E-state index contributed by atoms with van der Waals surface area (Å²) in [6.07, 6.45) is -0.247. The third kappa shape index (κ3) is 4.63. The predicted octanol–water partition coefficient (Wildman–Crippen LogP) is 1.11. The number of halogens is 2. The summed E-state index contributed by atoms with van der Waals surface area (Å²) in [6.45, 7) is -0.463. The third-order valence-corrected chi connectivity index (χ3v) is 4.05. The van der Waals surface area contributed by atoms with Crippen LogP contribution in [0.4, 0.5) is 0 Å². The van der Waals surface area contributed by atoms with E-state index in [1.165, 1.54) is 6.07 Å². The second kappa shape index (κ2) is 6.53. The van der Waals surface area contributed by atoms with Crippen LogP contribution >= 0.6 is 23.2 Å². The number of carbonyl (C=O) groups is 1.